The van der Waals surface area contributed by atoms with E-state index >= 15 is 0 Å². The minimum absolute atomic E-state index is 0.715. The van der Waals surface area contributed by atoms with Gasteiger partial charge in [0, 0.05) is 0 Å². The lowest BCUT2D eigenvalue weighted by Crippen LogP contribution is -1.66. The quantitative estimate of drug-likeness (QED) is 0.583. The molecule has 0 amide bonds. The highest BCUT2D eigenvalue weighted by atomic mass is 14.5. The van der Waals surface area contributed by atoms with E-state index in [2.05, 4.69) is 4.85 Å². The summed E-state index contributed by atoms with van der Waals surface area (Å²) in [5.74, 6) is 0. The smallest absolute Gasteiger partial charge is 0.205 e. The molecule has 0 radical (unpaired) electrons. The molecule has 2 heteroatoms. The standard InChI is InChI=1S/C7H5N.C2H3N.2C2H6/c8-6-7-4-2-1-3-5-7;1-3-2;2*1-2/h1-5H;1H3;2*1-2H3. The number of rotatable bonds is 0. The molecule has 0 saturated carbocycles. The summed E-state index contributed by atoms with van der Waals surface area (Å²) in [6, 6.07) is 11.2. The van der Waals surface area contributed by atoms with Crippen molar-refractivity contribution in [3.05, 3.63) is 47.3 Å². The third-order valence-electron chi connectivity index (χ3n) is 0.903. The van der Waals surface area contributed by atoms with Gasteiger partial charge in [-0.25, -0.2) is 6.57 Å². The first kappa shape index (κ1) is 18.9. The van der Waals surface area contributed by atoms with Crippen molar-refractivity contribution in [3.63, 3.8) is 0 Å². The van der Waals surface area contributed by atoms with Crippen LogP contribution in [0.5, 0.6) is 0 Å². The maximum atomic E-state index is 8.29. The number of nitriles is 1. The zero-order valence-corrected chi connectivity index (χ0v) is 10.3. The van der Waals surface area contributed by atoms with Crippen molar-refractivity contribution in [1.82, 2.24) is 0 Å². The molecule has 0 aliphatic heterocycles. The molecule has 15 heavy (non-hydrogen) atoms. The van der Waals surface area contributed by atoms with Gasteiger partial charge in [-0.2, -0.15) is 5.26 Å². The van der Waals surface area contributed by atoms with E-state index < -0.39 is 0 Å². The normalized spacial score (nSPS) is 5.53. The average molecular weight is 204 g/mol. The Bertz CT molecular complexity index is 265. The summed E-state index contributed by atoms with van der Waals surface area (Å²) in [7, 11) is 1.42. The van der Waals surface area contributed by atoms with Crippen LogP contribution in [0.3, 0.4) is 0 Å². The molecular weight excluding hydrogens is 184 g/mol. The van der Waals surface area contributed by atoms with Gasteiger partial charge >= 0.3 is 0 Å². The van der Waals surface area contributed by atoms with Crippen molar-refractivity contribution in [2.45, 2.75) is 27.7 Å². The lowest BCUT2D eigenvalue weighted by Gasteiger charge is -1.80. The predicted octanol–water partition coefficient (Wildman–Crippen LogP) is 4.15. The van der Waals surface area contributed by atoms with Crippen LogP contribution in [-0.4, -0.2) is 7.05 Å². The summed E-state index contributed by atoms with van der Waals surface area (Å²) < 4.78 is 0. The van der Waals surface area contributed by atoms with Crippen LogP contribution in [0.2, 0.25) is 0 Å². The number of benzene rings is 1. The van der Waals surface area contributed by atoms with Crippen molar-refractivity contribution in [2.75, 3.05) is 7.05 Å². The third-order valence-corrected chi connectivity index (χ3v) is 0.903. The van der Waals surface area contributed by atoms with Crippen molar-refractivity contribution >= 4 is 0 Å². The van der Waals surface area contributed by atoms with Crippen molar-refractivity contribution in [2.24, 2.45) is 0 Å². The molecular formula is C13H20N2. The second-order valence-electron chi connectivity index (χ2n) is 1.70. The molecule has 0 N–H and O–H groups in total. The topological polar surface area (TPSA) is 28.1 Å². The van der Waals surface area contributed by atoms with E-state index in [1.165, 1.54) is 7.05 Å². The van der Waals surface area contributed by atoms with Crippen LogP contribution in [-0.2, 0) is 0 Å². The van der Waals surface area contributed by atoms with Crippen LogP contribution in [0.1, 0.15) is 33.3 Å². The Hall–Kier alpha value is -1.80. The zero-order chi connectivity index (χ0) is 12.5. The molecule has 2 nitrogen and oxygen atoms in total. The fraction of sp³-hybridized carbons (Fsp3) is 0.385. The molecule has 1 aromatic carbocycles. The van der Waals surface area contributed by atoms with Gasteiger partial charge in [-0.15, -0.1) is 0 Å². The molecule has 0 bridgehead atoms. The maximum absolute atomic E-state index is 8.29. The lowest BCUT2D eigenvalue weighted by atomic mass is 10.2. The van der Waals surface area contributed by atoms with Crippen LogP contribution >= 0.6 is 0 Å². The van der Waals surface area contributed by atoms with Crippen LogP contribution in [0, 0.1) is 17.9 Å². The Labute approximate surface area is 94.0 Å². The van der Waals surface area contributed by atoms with Crippen LogP contribution in [0.25, 0.3) is 4.85 Å². The molecule has 0 spiro atoms. The van der Waals surface area contributed by atoms with Crippen LogP contribution in [0.15, 0.2) is 30.3 Å². The van der Waals surface area contributed by atoms with Crippen LogP contribution < -0.4 is 0 Å². The monoisotopic (exact) mass is 204 g/mol. The van der Waals surface area contributed by atoms with Crippen molar-refractivity contribution in [1.29, 1.82) is 5.26 Å². The molecule has 0 atom stereocenters. The highest BCUT2D eigenvalue weighted by Crippen LogP contribution is 1.92. The van der Waals surface area contributed by atoms with Gasteiger partial charge < -0.3 is 4.85 Å². The first-order valence-corrected chi connectivity index (χ1v) is 5.06. The minimum atomic E-state index is 0.715. The molecule has 0 aromatic heterocycles. The van der Waals surface area contributed by atoms with Crippen molar-refractivity contribution in [3.8, 4) is 6.07 Å². The first-order valence-electron chi connectivity index (χ1n) is 5.06. The SMILES string of the molecule is CC.CC.N#Cc1ccccc1.[C-]#[N+]C. The highest BCUT2D eigenvalue weighted by Gasteiger charge is 1.79. The maximum Gasteiger partial charge on any atom is 0.205 e. The largest absolute Gasteiger partial charge is 0.320 e. The summed E-state index contributed by atoms with van der Waals surface area (Å²) in [5, 5.41) is 8.29. The van der Waals surface area contributed by atoms with E-state index in [-0.39, 0.29) is 0 Å². The van der Waals surface area contributed by atoms with Gasteiger partial charge in [-0.05, 0) is 12.1 Å². The van der Waals surface area contributed by atoms with E-state index in [1.807, 2.05) is 52.0 Å². The number of hydrogen-bond donors (Lipinski definition) is 0. The molecule has 0 aliphatic rings. The van der Waals surface area contributed by atoms with Crippen LogP contribution in [0.4, 0.5) is 0 Å². The van der Waals surface area contributed by atoms with Crippen molar-refractivity contribution < 1.29 is 0 Å². The fourth-order valence-corrected chi connectivity index (χ4v) is 0.513. The lowest BCUT2D eigenvalue weighted by molar-refractivity contribution is 1.49. The summed E-state index contributed by atoms with van der Waals surface area (Å²) in [6.07, 6.45) is 0. The Balaban J connectivity index is -0.000000176. The zero-order valence-electron chi connectivity index (χ0n) is 10.3. The number of hydrogen-bond acceptors (Lipinski definition) is 1. The third kappa shape index (κ3) is 18.9. The van der Waals surface area contributed by atoms with E-state index in [0.29, 0.717) is 5.56 Å². The summed E-state index contributed by atoms with van der Waals surface area (Å²) in [4.78, 5) is 2.75. The summed E-state index contributed by atoms with van der Waals surface area (Å²) in [5.41, 5.74) is 0.715. The molecule has 0 heterocycles. The van der Waals surface area contributed by atoms with Gasteiger partial charge in [-0.3, -0.25) is 0 Å². The summed E-state index contributed by atoms with van der Waals surface area (Å²) in [6.45, 7) is 13.8. The van der Waals surface area contributed by atoms with E-state index in [1.54, 1.807) is 12.1 Å². The second kappa shape index (κ2) is 22.8. The molecule has 0 aliphatic carbocycles. The number of nitrogens with zero attached hydrogens (tertiary/aromatic N) is 2. The van der Waals surface area contributed by atoms with Gasteiger partial charge in [0.2, 0.25) is 7.05 Å². The van der Waals surface area contributed by atoms with Gasteiger partial charge in [0.05, 0.1) is 11.6 Å². The molecule has 1 aromatic rings. The van der Waals surface area contributed by atoms with E-state index in [9.17, 15) is 0 Å². The highest BCUT2D eigenvalue weighted by molar-refractivity contribution is 5.27. The minimum Gasteiger partial charge on any atom is -0.320 e. The molecule has 82 valence electrons. The van der Waals surface area contributed by atoms with Gasteiger partial charge in [0.1, 0.15) is 0 Å². The van der Waals surface area contributed by atoms with E-state index in [0.717, 1.165) is 0 Å². The molecule has 0 fully saturated rings. The second-order valence-corrected chi connectivity index (χ2v) is 1.70. The molecule has 0 saturated heterocycles. The Morgan fingerprint density at radius 2 is 1.40 bits per heavy atom. The fourth-order valence-electron chi connectivity index (χ4n) is 0.513. The molecule has 0 unspecified atom stereocenters. The average Bonchev–Trinajstić information content (AvgIpc) is 2.36. The van der Waals surface area contributed by atoms with Gasteiger partial charge in [0.15, 0.2) is 0 Å². The Morgan fingerprint density at radius 1 is 1.07 bits per heavy atom. The molecule has 1 rings (SSSR count). The van der Waals surface area contributed by atoms with Gasteiger partial charge in [0.25, 0.3) is 0 Å². The Morgan fingerprint density at radius 3 is 1.60 bits per heavy atom. The summed E-state index contributed by atoms with van der Waals surface area (Å²) >= 11 is 0. The predicted molar refractivity (Wildman–Crippen MR) is 66.4 cm³/mol. The first-order chi connectivity index (χ1) is 7.35. The van der Waals surface area contributed by atoms with E-state index in [4.69, 9.17) is 11.8 Å². The Kier molecular flexibility index (Phi) is 28.7. The van der Waals surface area contributed by atoms with Gasteiger partial charge in [-0.1, -0.05) is 45.9 Å².